The first kappa shape index (κ1) is 38.8. The largest absolute Gasteiger partial charge is 0.396 e. The first-order chi connectivity index (χ1) is 22.5. The highest BCUT2D eigenvalue weighted by Crippen LogP contribution is 2.44. The summed E-state index contributed by atoms with van der Waals surface area (Å²) < 4.78 is 0. The van der Waals surface area contributed by atoms with Crippen molar-refractivity contribution in [2.75, 3.05) is 23.7 Å². The third-order valence-electron chi connectivity index (χ3n) is 8.92. The second-order valence-electron chi connectivity index (χ2n) is 14.1. The van der Waals surface area contributed by atoms with Gasteiger partial charge in [-0.1, -0.05) is 135 Å². The summed E-state index contributed by atoms with van der Waals surface area (Å²) in [6.45, 7) is 22.3. The van der Waals surface area contributed by atoms with Gasteiger partial charge in [0.25, 0.3) is 0 Å². The van der Waals surface area contributed by atoms with E-state index >= 15 is 0 Å². The number of hydrogen-bond acceptors (Lipinski definition) is 9. The minimum atomic E-state index is -0.169. The lowest BCUT2D eigenvalue weighted by molar-refractivity contribution is 0.403. The van der Waals surface area contributed by atoms with Crippen LogP contribution in [0.15, 0.2) is 44.7 Å². The predicted molar refractivity (Wildman–Crippen MR) is 207 cm³/mol. The van der Waals surface area contributed by atoms with Crippen molar-refractivity contribution in [1.29, 1.82) is 0 Å². The van der Waals surface area contributed by atoms with E-state index in [9.17, 15) is 0 Å². The van der Waals surface area contributed by atoms with Crippen molar-refractivity contribution in [2.45, 2.75) is 138 Å². The average Bonchev–Trinajstić information content (AvgIpc) is 3.64. The third-order valence-corrected chi connectivity index (χ3v) is 10.8. The zero-order valence-electron chi connectivity index (χ0n) is 30.7. The van der Waals surface area contributed by atoms with Gasteiger partial charge in [-0.3, -0.25) is 0 Å². The minimum absolute atomic E-state index is 0.169. The Morgan fingerprint density at radius 3 is 1.96 bits per heavy atom. The van der Waals surface area contributed by atoms with E-state index in [1.165, 1.54) is 81.1 Å². The summed E-state index contributed by atoms with van der Waals surface area (Å²) >= 11 is 3.08. The summed E-state index contributed by atoms with van der Waals surface area (Å²) in [4.78, 5) is 7.85. The molecule has 2 heterocycles. The zero-order chi connectivity index (χ0) is 34.4. The molecule has 260 valence electrons. The summed E-state index contributed by atoms with van der Waals surface area (Å²) in [5.41, 5.74) is 11.1. The van der Waals surface area contributed by atoms with Crippen LogP contribution < -0.4 is 10.6 Å². The van der Waals surface area contributed by atoms with Crippen LogP contribution in [0.5, 0.6) is 0 Å². The van der Waals surface area contributed by atoms with Crippen LogP contribution in [0.25, 0.3) is 0 Å². The summed E-state index contributed by atoms with van der Waals surface area (Å²) in [5.74, 6) is 1.32. The fourth-order valence-electron chi connectivity index (χ4n) is 5.75. The fraction of sp³-hybridized carbons (Fsp3) is 0.658. The number of anilines is 2. The van der Waals surface area contributed by atoms with Crippen molar-refractivity contribution < 1.29 is 0 Å². The lowest BCUT2D eigenvalue weighted by atomic mass is 9.92. The molecule has 1 aromatic carbocycles. The van der Waals surface area contributed by atoms with Crippen LogP contribution in [-0.2, 0) is 11.8 Å². The van der Waals surface area contributed by atoms with Crippen molar-refractivity contribution in [3.05, 3.63) is 41.1 Å². The van der Waals surface area contributed by atoms with E-state index in [2.05, 4.69) is 101 Å². The van der Waals surface area contributed by atoms with Crippen LogP contribution in [0.2, 0.25) is 0 Å². The number of nitrogen functional groups attached to an aromatic ring is 1. The highest BCUT2D eigenvalue weighted by molar-refractivity contribution is 7.20. The SMILES string of the molecule is CCCCc1ccc(N=Nc2cc(N)c(N=Nc3sc(N(CC(CC)CCCC)CC(CC)CCCC)nc3C(C)(C)C)s2)c(C)c1. The van der Waals surface area contributed by atoms with E-state index in [4.69, 9.17) is 15.8 Å². The standard InChI is InChI=1S/C38H61N7S2/c1-10-15-18-28(13-4)25-45(26-29(14-5)19-16-11-2)37-40-34(38(7,8)9)36(47-37)44-43-35-31(39)24-33(46-35)42-41-32-22-21-30(20-17-12-3)23-27(32)6/h21-24,28-29H,10-20,25-26,39H2,1-9H3. The summed E-state index contributed by atoms with van der Waals surface area (Å²) in [7, 11) is 0. The molecule has 0 saturated carbocycles. The van der Waals surface area contributed by atoms with Gasteiger partial charge in [-0.15, -0.1) is 20.5 Å². The number of thiazole rings is 1. The molecule has 0 bridgehead atoms. The van der Waals surface area contributed by atoms with Crippen molar-refractivity contribution >= 4 is 54.2 Å². The van der Waals surface area contributed by atoms with Crippen LogP contribution in [0, 0.1) is 18.8 Å². The van der Waals surface area contributed by atoms with Crippen molar-refractivity contribution in [2.24, 2.45) is 32.3 Å². The number of thiophene rings is 1. The molecule has 3 aromatic rings. The van der Waals surface area contributed by atoms with Crippen molar-refractivity contribution in [3.8, 4) is 0 Å². The van der Waals surface area contributed by atoms with Crippen molar-refractivity contribution in [3.63, 3.8) is 0 Å². The lowest BCUT2D eigenvalue weighted by Crippen LogP contribution is -2.34. The summed E-state index contributed by atoms with van der Waals surface area (Å²) in [6.07, 6.45) is 13.4. The van der Waals surface area contributed by atoms with E-state index in [0.717, 1.165) is 46.6 Å². The monoisotopic (exact) mass is 679 g/mol. The van der Waals surface area contributed by atoms with Crippen LogP contribution in [0.1, 0.15) is 136 Å². The van der Waals surface area contributed by atoms with Gasteiger partial charge in [0, 0.05) is 24.6 Å². The maximum Gasteiger partial charge on any atom is 0.187 e. The van der Waals surface area contributed by atoms with E-state index in [-0.39, 0.29) is 5.41 Å². The molecule has 0 amide bonds. The van der Waals surface area contributed by atoms with Gasteiger partial charge in [-0.2, -0.15) is 0 Å². The van der Waals surface area contributed by atoms with E-state index in [0.29, 0.717) is 27.5 Å². The quantitative estimate of drug-likeness (QED) is 0.120. The lowest BCUT2D eigenvalue weighted by Gasteiger charge is -2.30. The van der Waals surface area contributed by atoms with E-state index in [1.807, 2.05) is 6.07 Å². The van der Waals surface area contributed by atoms with Gasteiger partial charge in [0.1, 0.15) is 5.00 Å². The van der Waals surface area contributed by atoms with Crippen LogP contribution >= 0.6 is 22.7 Å². The highest BCUT2D eigenvalue weighted by Gasteiger charge is 2.27. The number of aryl methyl sites for hydroxylation is 2. The van der Waals surface area contributed by atoms with Gasteiger partial charge >= 0.3 is 0 Å². The van der Waals surface area contributed by atoms with Crippen molar-refractivity contribution in [1.82, 2.24) is 4.98 Å². The molecule has 0 aliphatic carbocycles. The number of aromatic nitrogens is 1. The first-order valence-corrected chi connectivity index (χ1v) is 19.7. The molecule has 2 N–H and O–H groups in total. The van der Waals surface area contributed by atoms with Gasteiger partial charge in [-0.25, -0.2) is 4.98 Å². The molecule has 9 heteroatoms. The molecule has 0 radical (unpaired) electrons. The second kappa shape index (κ2) is 19.4. The van der Waals surface area contributed by atoms with Gasteiger partial charge in [0.2, 0.25) is 0 Å². The number of unbranched alkanes of at least 4 members (excludes halogenated alkanes) is 3. The molecule has 0 fully saturated rings. The van der Waals surface area contributed by atoms with E-state index in [1.54, 1.807) is 11.3 Å². The number of hydrogen-bond donors (Lipinski definition) is 1. The molecule has 47 heavy (non-hydrogen) atoms. The molecule has 2 unspecified atom stereocenters. The molecule has 0 aliphatic rings. The molecule has 2 atom stereocenters. The third kappa shape index (κ3) is 12.1. The number of rotatable bonds is 20. The first-order valence-electron chi connectivity index (χ1n) is 18.1. The van der Waals surface area contributed by atoms with Crippen LogP contribution in [-0.4, -0.2) is 18.1 Å². The fourth-order valence-corrected chi connectivity index (χ4v) is 7.59. The maximum atomic E-state index is 6.40. The Labute approximate surface area is 293 Å². The molecular weight excluding hydrogens is 619 g/mol. The molecule has 0 aliphatic heterocycles. The highest BCUT2D eigenvalue weighted by atomic mass is 32.1. The summed E-state index contributed by atoms with van der Waals surface area (Å²) in [6, 6.07) is 8.25. The Bertz CT molecular complexity index is 1400. The normalized spacial score (nSPS) is 13.6. The Morgan fingerprint density at radius 2 is 1.40 bits per heavy atom. The number of benzene rings is 1. The van der Waals surface area contributed by atoms with Crippen LogP contribution in [0.4, 0.5) is 31.5 Å². The summed E-state index contributed by atoms with van der Waals surface area (Å²) in [5, 5.41) is 21.8. The van der Waals surface area contributed by atoms with Crippen LogP contribution in [0.3, 0.4) is 0 Å². The Kier molecular flexibility index (Phi) is 16.0. The topological polar surface area (TPSA) is 91.6 Å². The Hall–Kier alpha value is -2.65. The van der Waals surface area contributed by atoms with Gasteiger partial charge < -0.3 is 10.6 Å². The second-order valence-corrected chi connectivity index (χ2v) is 16.1. The van der Waals surface area contributed by atoms with Gasteiger partial charge in [-0.05, 0) is 61.6 Å². The number of nitrogens with zero attached hydrogens (tertiary/aromatic N) is 6. The van der Waals surface area contributed by atoms with E-state index < -0.39 is 0 Å². The number of nitrogens with two attached hydrogens (primary N) is 1. The zero-order valence-corrected chi connectivity index (χ0v) is 32.4. The smallest absolute Gasteiger partial charge is 0.187 e. The molecule has 7 nitrogen and oxygen atoms in total. The Balaban J connectivity index is 1.89. The predicted octanol–water partition coefficient (Wildman–Crippen LogP) is 13.8. The Morgan fingerprint density at radius 1 is 0.787 bits per heavy atom. The average molecular weight is 680 g/mol. The molecule has 0 saturated heterocycles. The minimum Gasteiger partial charge on any atom is -0.396 e. The van der Waals surface area contributed by atoms with Gasteiger partial charge in [0.15, 0.2) is 15.1 Å². The molecule has 0 spiro atoms. The van der Waals surface area contributed by atoms with Gasteiger partial charge in [0.05, 0.1) is 17.1 Å². The molecule has 3 rings (SSSR count). The molecule has 2 aromatic heterocycles. The maximum absolute atomic E-state index is 6.40. The molecular formula is C38H61N7S2. The number of azo groups is 2.